The second-order valence-corrected chi connectivity index (χ2v) is 5.65. The molecule has 4 nitrogen and oxygen atoms in total. The molecule has 0 heterocycles. The zero-order valence-electron chi connectivity index (χ0n) is 11.2. The third-order valence-electron chi connectivity index (χ3n) is 3.21. The lowest BCUT2D eigenvalue weighted by molar-refractivity contribution is -0.384. The van der Waals surface area contributed by atoms with E-state index in [4.69, 9.17) is 11.6 Å². The van der Waals surface area contributed by atoms with Crippen molar-refractivity contribution in [3.63, 3.8) is 0 Å². The van der Waals surface area contributed by atoms with Crippen molar-refractivity contribution in [3.05, 3.63) is 32.8 Å². The van der Waals surface area contributed by atoms with Crippen molar-refractivity contribution in [2.24, 2.45) is 5.41 Å². The molecule has 18 heavy (non-hydrogen) atoms. The van der Waals surface area contributed by atoms with E-state index in [9.17, 15) is 10.1 Å². The highest BCUT2D eigenvalue weighted by molar-refractivity contribution is 6.33. The first-order chi connectivity index (χ1) is 8.26. The molecular formula is C13H19ClN2O2. The van der Waals surface area contributed by atoms with E-state index in [0.29, 0.717) is 0 Å². The summed E-state index contributed by atoms with van der Waals surface area (Å²) in [6.45, 7) is 9.12. The molecule has 5 heteroatoms. The monoisotopic (exact) mass is 270 g/mol. The SMILES string of the molecule is CCC(C)(C)CNc1cc(Cl)c([N+](=O)[O-])cc1C. The van der Waals surface area contributed by atoms with Crippen LogP contribution < -0.4 is 5.32 Å². The van der Waals surface area contributed by atoms with E-state index in [2.05, 4.69) is 26.1 Å². The summed E-state index contributed by atoms with van der Waals surface area (Å²) in [5.74, 6) is 0. The first-order valence-corrected chi connectivity index (χ1v) is 6.33. The van der Waals surface area contributed by atoms with E-state index in [-0.39, 0.29) is 16.1 Å². The average molecular weight is 271 g/mol. The zero-order chi connectivity index (χ0) is 13.9. The van der Waals surface area contributed by atoms with Gasteiger partial charge in [0.15, 0.2) is 0 Å². The Kier molecular flexibility index (Phi) is 4.57. The third-order valence-corrected chi connectivity index (χ3v) is 3.51. The predicted molar refractivity (Wildman–Crippen MR) is 75.4 cm³/mol. The maximum absolute atomic E-state index is 10.7. The van der Waals surface area contributed by atoms with Crippen LogP contribution in [0.1, 0.15) is 32.8 Å². The third kappa shape index (κ3) is 3.60. The molecule has 1 rings (SSSR count). The summed E-state index contributed by atoms with van der Waals surface area (Å²) in [4.78, 5) is 10.3. The Morgan fingerprint density at radius 3 is 2.56 bits per heavy atom. The summed E-state index contributed by atoms with van der Waals surface area (Å²) in [5, 5.41) is 14.2. The van der Waals surface area contributed by atoms with E-state index >= 15 is 0 Å². The number of nitro groups is 1. The highest BCUT2D eigenvalue weighted by Gasteiger charge is 2.18. The Morgan fingerprint density at radius 1 is 1.44 bits per heavy atom. The van der Waals surface area contributed by atoms with E-state index < -0.39 is 4.92 Å². The molecule has 0 aromatic heterocycles. The van der Waals surface area contributed by atoms with Crippen LogP contribution in [-0.2, 0) is 0 Å². The van der Waals surface area contributed by atoms with E-state index in [1.165, 1.54) is 6.07 Å². The Balaban J connectivity index is 2.92. The number of rotatable bonds is 5. The van der Waals surface area contributed by atoms with Crippen molar-refractivity contribution in [2.45, 2.75) is 34.1 Å². The van der Waals surface area contributed by atoms with Gasteiger partial charge in [-0.25, -0.2) is 0 Å². The molecule has 0 saturated heterocycles. The van der Waals surface area contributed by atoms with Crippen molar-refractivity contribution in [2.75, 3.05) is 11.9 Å². The molecule has 1 aromatic rings. The summed E-state index contributed by atoms with van der Waals surface area (Å²) in [5.41, 5.74) is 1.82. The first-order valence-electron chi connectivity index (χ1n) is 5.95. The molecule has 0 bridgehead atoms. The molecule has 0 aliphatic carbocycles. The van der Waals surface area contributed by atoms with Crippen LogP contribution in [0.3, 0.4) is 0 Å². The lowest BCUT2D eigenvalue weighted by Gasteiger charge is -2.24. The Bertz CT molecular complexity index is 459. The highest BCUT2D eigenvalue weighted by Crippen LogP contribution is 2.31. The number of nitro benzene ring substituents is 1. The molecule has 0 amide bonds. The summed E-state index contributed by atoms with van der Waals surface area (Å²) >= 11 is 5.90. The summed E-state index contributed by atoms with van der Waals surface area (Å²) in [6, 6.07) is 3.13. The number of hydrogen-bond acceptors (Lipinski definition) is 3. The summed E-state index contributed by atoms with van der Waals surface area (Å²) < 4.78 is 0. The van der Waals surface area contributed by atoms with Gasteiger partial charge in [-0.05, 0) is 30.4 Å². The van der Waals surface area contributed by atoms with Crippen LogP contribution in [-0.4, -0.2) is 11.5 Å². The molecular weight excluding hydrogens is 252 g/mol. The molecule has 100 valence electrons. The normalized spacial score (nSPS) is 11.4. The number of aryl methyl sites for hydroxylation is 1. The van der Waals surface area contributed by atoms with Crippen molar-refractivity contribution < 1.29 is 4.92 Å². The number of halogens is 1. The number of hydrogen-bond donors (Lipinski definition) is 1. The second kappa shape index (κ2) is 5.57. The van der Waals surface area contributed by atoms with Crippen LogP contribution in [0.25, 0.3) is 0 Å². The van der Waals surface area contributed by atoms with Gasteiger partial charge in [-0.15, -0.1) is 0 Å². The molecule has 1 aromatic carbocycles. The Morgan fingerprint density at radius 2 is 2.06 bits per heavy atom. The summed E-state index contributed by atoms with van der Waals surface area (Å²) in [7, 11) is 0. The van der Waals surface area contributed by atoms with Crippen molar-refractivity contribution in [1.82, 2.24) is 0 Å². The van der Waals surface area contributed by atoms with Gasteiger partial charge in [0.05, 0.1) is 4.92 Å². The smallest absolute Gasteiger partial charge is 0.288 e. The minimum atomic E-state index is -0.463. The van der Waals surface area contributed by atoms with Gasteiger partial charge in [0.25, 0.3) is 5.69 Å². The van der Waals surface area contributed by atoms with Crippen LogP contribution in [0, 0.1) is 22.5 Å². The van der Waals surface area contributed by atoms with Crippen LogP contribution in [0.4, 0.5) is 11.4 Å². The number of benzene rings is 1. The average Bonchev–Trinajstić information content (AvgIpc) is 2.29. The maximum atomic E-state index is 10.7. The Labute approximate surface area is 112 Å². The van der Waals surface area contributed by atoms with Crippen LogP contribution in [0.5, 0.6) is 0 Å². The van der Waals surface area contributed by atoms with Gasteiger partial charge in [0.2, 0.25) is 0 Å². The largest absolute Gasteiger partial charge is 0.384 e. The standard InChI is InChI=1S/C13H19ClN2O2/c1-5-13(3,4)8-15-11-7-10(14)12(16(17)18)6-9(11)2/h6-7,15H,5,8H2,1-4H3. The lowest BCUT2D eigenvalue weighted by Crippen LogP contribution is -2.22. The van der Waals surface area contributed by atoms with Gasteiger partial charge in [-0.2, -0.15) is 0 Å². The lowest BCUT2D eigenvalue weighted by atomic mass is 9.90. The zero-order valence-corrected chi connectivity index (χ0v) is 12.0. The predicted octanol–water partition coefficient (Wildman–Crippen LogP) is 4.40. The molecule has 0 atom stereocenters. The van der Waals surface area contributed by atoms with Gasteiger partial charge in [0.1, 0.15) is 5.02 Å². The van der Waals surface area contributed by atoms with Gasteiger partial charge >= 0.3 is 0 Å². The minimum Gasteiger partial charge on any atom is -0.384 e. The quantitative estimate of drug-likeness (QED) is 0.637. The van der Waals surface area contributed by atoms with Crippen LogP contribution in [0.2, 0.25) is 5.02 Å². The van der Waals surface area contributed by atoms with Crippen molar-refractivity contribution in [1.29, 1.82) is 0 Å². The van der Waals surface area contributed by atoms with Crippen LogP contribution >= 0.6 is 11.6 Å². The Hall–Kier alpha value is -1.29. The molecule has 0 aliphatic rings. The number of nitrogens with zero attached hydrogens (tertiary/aromatic N) is 1. The summed E-state index contributed by atoms with van der Waals surface area (Å²) in [6.07, 6.45) is 1.06. The van der Waals surface area contributed by atoms with E-state index in [0.717, 1.165) is 24.2 Å². The highest BCUT2D eigenvalue weighted by atomic mass is 35.5. The topological polar surface area (TPSA) is 55.2 Å². The van der Waals surface area contributed by atoms with Gasteiger partial charge in [-0.3, -0.25) is 10.1 Å². The maximum Gasteiger partial charge on any atom is 0.288 e. The molecule has 1 N–H and O–H groups in total. The van der Waals surface area contributed by atoms with Crippen molar-refractivity contribution >= 4 is 23.0 Å². The second-order valence-electron chi connectivity index (χ2n) is 5.25. The minimum absolute atomic E-state index is 0.0468. The van der Waals surface area contributed by atoms with Gasteiger partial charge < -0.3 is 5.32 Å². The van der Waals surface area contributed by atoms with Gasteiger partial charge in [-0.1, -0.05) is 32.4 Å². The molecule has 0 aliphatic heterocycles. The van der Waals surface area contributed by atoms with Crippen molar-refractivity contribution in [3.8, 4) is 0 Å². The van der Waals surface area contributed by atoms with E-state index in [1.807, 2.05) is 6.92 Å². The molecule has 0 saturated carbocycles. The fourth-order valence-electron chi connectivity index (χ4n) is 1.46. The van der Waals surface area contributed by atoms with Gasteiger partial charge in [0, 0.05) is 18.3 Å². The molecule has 0 spiro atoms. The fraction of sp³-hybridized carbons (Fsp3) is 0.538. The molecule has 0 fully saturated rings. The van der Waals surface area contributed by atoms with E-state index in [1.54, 1.807) is 6.07 Å². The molecule has 0 unspecified atom stereocenters. The number of anilines is 1. The molecule has 0 radical (unpaired) electrons. The number of nitrogens with one attached hydrogen (secondary N) is 1. The fourth-order valence-corrected chi connectivity index (χ4v) is 1.69. The first kappa shape index (κ1) is 14.8. The van der Waals surface area contributed by atoms with Crippen LogP contribution in [0.15, 0.2) is 12.1 Å².